The van der Waals surface area contributed by atoms with Crippen molar-refractivity contribution in [3.8, 4) is 0 Å². The standard InChI is InChI=1S/C16H29NO2/c1-3-13-8-6-9-14(11-13)19-15(18)16(17)10-5-4-7-12(16)2/h12-14H,3-11,17H2,1-2H3. The topological polar surface area (TPSA) is 52.3 Å². The minimum atomic E-state index is -0.725. The third-order valence-corrected chi connectivity index (χ3v) is 5.32. The van der Waals surface area contributed by atoms with Gasteiger partial charge in [0.25, 0.3) is 0 Å². The van der Waals surface area contributed by atoms with Gasteiger partial charge >= 0.3 is 5.97 Å². The number of hydrogen-bond acceptors (Lipinski definition) is 3. The predicted octanol–water partition coefficient (Wildman–Crippen LogP) is 3.41. The van der Waals surface area contributed by atoms with Crippen LogP contribution in [0.15, 0.2) is 0 Å². The van der Waals surface area contributed by atoms with Crippen molar-refractivity contribution in [3.63, 3.8) is 0 Å². The van der Waals surface area contributed by atoms with Gasteiger partial charge in [0.05, 0.1) is 0 Å². The first-order chi connectivity index (χ1) is 9.06. The van der Waals surface area contributed by atoms with Crippen LogP contribution in [0.5, 0.6) is 0 Å². The zero-order chi connectivity index (χ0) is 13.9. The van der Waals surface area contributed by atoms with Crippen molar-refractivity contribution in [2.24, 2.45) is 17.6 Å². The van der Waals surface area contributed by atoms with Crippen molar-refractivity contribution in [3.05, 3.63) is 0 Å². The molecule has 0 aromatic heterocycles. The largest absolute Gasteiger partial charge is 0.461 e. The van der Waals surface area contributed by atoms with Crippen molar-refractivity contribution in [2.75, 3.05) is 0 Å². The number of carbonyl (C=O) groups excluding carboxylic acids is 1. The fourth-order valence-electron chi connectivity index (χ4n) is 3.66. The van der Waals surface area contributed by atoms with Gasteiger partial charge in [-0.1, -0.05) is 39.5 Å². The van der Waals surface area contributed by atoms with E-state index < -0.39 is 5.54 Å². The number of nitrogens with two attached hydrogens (primary N) is 1. The molecule has 110 valence electrons. The van der Waals surface area contributed by atoms with E-state index in [-0.39, 0.29) is 18.0 Å². The normalized spacial score (nSPS) is 39.8. The lowest BCUT2D eigenvalue weighted by atomic mass is 9.74. The van der Waals surface area contributed by atoms with Crippen molar-refractivity contribution in [1.82, 2.24) is 0 Å². The molecule has 0 radical (unpaired) electrons. The van der Waals surface area contributed by atoms with E-state index in [0.29, 0.717) is 0 Å². The van der Waals surface area contributed by atoms with Crippen LogP contribution >= 0.6 is 0 Å². The molecule has 0 spiro atoms. The molecule has 2 saturated carbocycles. The second-order valence-electron chi connectivity index (χ2n) is 6.66. The Morgan fingerprint density at radius 3 is 2.74 bits per heavy atom. The van der Waals surface area contributed by atoms with Gasteiger partial charge < -0.3 is 10.5 Å². The maximum Gasteiger partial charge on any atom is 0.326 e. The monoisotopic (exact) mass is 267 g/mol. The first-order valence-corrected chi connectivity index (χ1v) is 8.06. The van der Waals surface area contributed by atoms with Crippen molar-refractivity contribution < 1.29 is 9.53 Å². The van der Waals surface area contributed by atoms with E-state index in [0.717, 1.165) is 38.0 Å². The predicted molar refractivity (Wildman–Crippen MR) is 76.7 cm³/mol. The summed E-state index contributed by atoms with van der Waals surface area (Å²) in [6.45, 7) is 4.32. The van der Waals surface area contributed by atoms with Crippen LogP contribution in [0.2, 0.25) is 0 Å². The molecule has 0 aromatic rings. The molecule has 3 nitrogen and oxygen atoms in total. The molecule has 2 rings (SSSR count). The maximum atomic E-state index is 12.4. The number of esters is 1. The average molecular weight is 267 g/mol. The Morgan fingerprint density at radius 2 is 2.05 bits per heavy atom. The van der Waals surface area contributed by atoms with Gasteiger partial charge in [-0.05, 0) is 43.9 Å². The third-order valence-electron chi connectivity index (χ3n) is 5.32. The minimum Gasteiger partial charge on any atom is -0.461 e. The zero-order valence-corrected chi connectivity index (χ0v) is 12.5. The van der Waals surface area contributed by atoms with E-state index in [2.05, 4.69) is 13.8 Å². The Labute approximate surface area is 117 Å². The third kappa shape index (κ3) is 3.31. The summed E-state index contributed by atoms with van der Waals surface area (Å²) in [5.74, 6) is 0.838. The molecule has 2 aliphatic rings. The van der Waals surface area contributed by atoms with Crippen molar-refractivity contribution in [1.29, 1.82) is 0 Å². The van der Waals surface area contributed by atoms with Crippen LogP contribution in [0.3, 0.4) is 0 Å². The average Bonchev–Trinajstić information content (AvgIpc) is 2.42. The van der Waals surface area contributed by atoms with Gasteiger partial charge in [-0.3, -0.25) is 4.79 Å². The summed E-state index contributed by atoms with van der Waals surface area (Å²) in [7, 11) is 0. The van der Waals surface area contributed by atoms with Gasteiger partial charge in [-0.15, -0.1) is 0 Å². The molecule has 0 aliphatic heterocycles. The molecular weight excluding hydrogens is 238 g/mol. The van der Waals surface area contributed by atoms with Gasteiger partial charge in [-0.25, -0.2) is 0 Å². The SMILES string of the molecule is CCC1CCCC(OC(=O)C2(N)CCCCC2C)C1. The molecule has 2 fully saturated rings. The molecule has 0 aromatic carbocycles. The van der Waals surface area contributed by atoms with Crippen LogP contribution in [-0.2, 0) is 9.53 Å². The fourth-order valence-corrected chi connectivity index (χ4v) is 3.66. The Balaban J connectivity index is 1.92. The van der Waals surface area contributed by atoms with Crippen LogP contribution in [0.4, 0.5) is 0 Å². The number of ether oxygens (including phenoxy) is 1. The van der Waals surface area contributed by atoms with E-state index in [1.54, 1.807) is 0 Å². The summed E-state index contributed by atoms with van der Waals surface area (Å²) in [5, 5.41) is 0. The first-order valence-electron chi connectivity index (χ1n) is 8.06. The maximum absolute atomic E-state index is 12.4. The summed E-state index contributed by atoms with van der Waals surface area (Å²) in [6.07, 6.45) is 9.91. The van der Waals surface area contributed by atoms with E-state index in [1.807, 2.05) is 0 Å². The van der Waals surface area contributed by atoms with Gasteiger partial charge in [0, 0.05) is 0 Å². The quantitative estimate of drug-likeness (QED) is 0.797. The molecular formula is C16H29NO2. The number of hydrogen-bond donors (Lipinski definition) is 1. The van der Waals surface area contributed by atoms with Crippen molar-refractivity contribution >= 4 is 5.97 Å². The van der Waals surface area contributed by atoms with Crippen LogP contribution in [0.25, 0.3) is 0 Å². The lowest BCUT2D eigenvalue weighted by Gasteiger charge is -2.39. The molecule has 4 atom stereocenters. The summed E-state index contributed by atoms with van der Waals surface area (Å²) in [4.78, 5) is 12.4. The first kappa shape index (κ1) is 14.8. The van der Waals surface area contributed by atoms with Gasteiger partial charge in [0.15, 0.2) is 0 Å². The smallest absolute Gasteiger partial charge is 0.326 e. The van der Waals surface area contributed by atoms with Gasteiger partial charge in [-0.2, -0.15) is 0 Å². The van der Waals surface area contributed by atoms with E-state index >= 15 is 0 Å². The van der Waals surface area contributed by atoms with Crippen molar-refractivity contribution in [2.45, 2.75) is 83.3 Å². The lowest BCUT2D eigenvalue weighted by Crippen LogP contribution is -2.56. The Morgan fingerprint density at radius 1 is 1.26 bits per heavy atom. The second-order valence-corrected chi connectivity index (χ2v) is 6.66. The highest BCUT2D eigenvalue weighted by atomic mass is 16.5. The lowest BCUT2D eigenvalue weighted by molar-refractivity contribution is -0.161. The molecule has 0 saturated heterocycles. The number of rotatable bonds is 3. The zero-order valence-electron chi connectivity index (χ0n) is 12.5. The summed E-state index contributed by atoms with van der Waals surface area (Å²) >= 11 is 0. The van der Waals surface area contributed by atoms with Gasteiger partial charge in [0.2, 0.25) is 0 Å². The highest BCUT2D eigenvalue weighted by molar-refractivity contribution is 5.81. The highest BCUT2D eigenvalue weighted by Gasteiger charge is 2.43. The summed E-state index contributed by atoms with van der Waals surface area (Å²) < 4.78 is 5.77. The Hall–Kier alpha value is -0.570. The number of carbonyl (C=O) groups is 1. The molecule has 2 N–H and O–H groups in total. The van der Waals surface area contributed by atoms with E-state index in [9.17, 15) is 4.79 Å². The molecule has 4 unspecified atom stereocenters. The van der Waals surface area contributed by atoms with Gasteiger partial charge in [0.1, 0.15) is 11.6 Å². The highest BCUT2D eigenvalue weighted by Crippen LogP contribution is 2.35. The van der Waals surface area contributed by atoms with Crippen LogP contribution in [0.1, 0.15) is 71.6 Å². The molecule has 0 amide bonds. The second kappa shape index (κ2) is 6.25. The van der Waals surface area contributed by atoms with Crippen LogP contribution in [0, 0.1) is 11.8 Å². The van der Waals surface area contributed by atoms with Crippen LogP contribution in [-0.4, -0.2) is 17.6 Å². The Bertz CT molecular complexity index is 318. The molecule has 19 heavy (non-hydrogen) atoms. The molecule has 0 heterocycles. The minimum absolute atomic E-state index is 0.112. The molecule has 3 heteroatoms. The Kier molecular flexibility index (Phi) is 4.88. The van der Waals surface area contributed by atoms with E-state index in [4.69, 9.17) is 10.5 Å². The van der Waals surface area contributed by atoms with Crippen LogP contribution < -0.4 is 5.73 Å². The fraction of sp³-hybridized carbons (Fsp3) is 0.938. The summed E-state index contributed by atoms with van der Waals surface area (Å²) in [6, 6.07) is 0. The summed E-state index contributed by atoms with van der Waals surface area (Å²) in [5.41, 5.74) is 5.63. The molecule has 2 aliphatic carbocycles. The molecule has 0 bridgehead atoms. The van der Waals surface area contributed by atoms with E-state index in [1.165, 1.54) is 25.7 Å².